The number of carbonyl (C=O) groups excluding carboxylic acids is 2. The van der Waals surface area contributed by atoms with Crippen LogP contribution >= 0.6 is 0 Å². The molecule has 3 rings (SSSR count). The van der Waals surface area contributed by atoms with Gasteiger partial charge in [-0.05, 0) is 77.1 Å². The van der Waals surface area contributed by atoms with Crippen molar-refractivity contribution < 1.29 is 23.8 Å². The van der Waals surface area contributed by atoms with Crippen LogP contribution in [-0.4, -0.2) is 61.0 Å². The van der Waals surface area contributed by atoms with Crippen LogP contribution in [0.2, 0.25) is 0 Å². The number of rotatable bonds is 6. The SMILES string of the molecule is CC(C)(C)OC(=O)NCC1CCCCN1C(=O)c1ccc(OCC2CCCO2)cc1. The number of amides is 2. The number of likely N-dealkylation sites (tertiary alicyclic amines) is 1. The zero-order chi connectivity index (χ0) is 21.6. The van der Waals surface area contributed by atoms with Crippen molar-refractivity contribution in [2.24, 2.45) is 0 Å². The molecule has 2 aliphatic heterocycles. The lowest BCUT2D eigenvalue weighted by Gasteiger charge is -2.36. The van der Waals surface area contributed by atoms with Gasteiger partial charge in [-0.15, -0.1) is 0 Å². The second-order valence-electron chi connectivity index (χ2n) is 9.00. The number of hydrogen-bond donors (Lipinski definition) is 1. The first-order chi connectivity index (χ1) is 14.3. The Balaban J connectivity index is 1.54. The number of hydrogen-bond acceptors (Lipinski definition) is 5. The molecule has 7 nitrogen and oxygen atoms in total. The van der Waals surface area contributed by atoms with Gasteiger partial charge < -0.3 is 24.4 Å². The molecular weight excluding hydrogens is 384 g/mol. The van der Waals surface area contributed by atoms with Gasteiger partial charge >= 0.3 is 6.09 Å². The molecule has 2 amide bonds. The minimum absolute atomic E-state index is 0.0173. The molecule has 2 heterocycles. The Morgan fingerprint density at radius 1 is 1.13 bits per heavy atom. The van der Waals surface area contributed by atoms with Crippen LogP contribution in [0.4, 0.5) is 4.79 Å². The first-order valence-corrected chi connectivity index (χ1v) is 10.9. The Morgan fingerprint density at radius 3 is 2.57 bits per heavy atom. The van der Waals surface area contributed by atoms with E-state index in [1.165, 1.54) is 0 Å². The number of alkyl carbamates (subject to hydrolysis) is 1. The van der Waals surface area contributed by atoms with Crippen LogP contribution < -0.4 is 10.1 Å². The largest absolute Gasteiger partial charge is 0.491 e. The minimum atomic E-state index is -0.542. The maximum Gasteiger partial charge on any atom is 0.407 e. The third-order valence-electron chi connectivity index (χ3n) is 5.33. The van der Waals surface area contributed by atoms with Crippen LogP contribution in [0.25, 0.3) is 0 Å². The highest BCUT2D eigenvalue weighted by Crippen LogP contribution is 2.22. The number of piperidine rings is 1. The summed E-state index contributed by atoms with van der Waals surface area (Å²) in [6.45, 7) is 7.92. The first kappa shape index (κ1) is 22.4. The molecule has 2 aliphatic rings. The molecule has 0 spiro atoms. The van der Waals surface area contributed by atoms with Crippen LogP contribution in [0.3, 0.4) is 0 Å². The average molecular weight is 419 g/mol. The Morgan fingerprint density at radius 2 is 1.90 bits per heavy atom. The fourth-order valence-electron chi connectivity index (χ4n) is 3.82. The van der Waals surface area contributed by atoms with E-state index in [2.05, 4.69) is 5.32 Å². The van der Waals surface area contributed by atoms with E-state index in [1.807, 2.05) is 37.8 Å². The highest BCUT2D eigenvalue weighted by molar-refractivity contribution is 5.94. The molecule has 0 radical (unpaired) electrons. The van der Waals surface area contributed by atoms with Crippen molar-refractivity contribution >= 4 is 12.0 Å². The third kappa shape index (κ3) is 6.62. The van der Waals surface area contributed by atoms with E-state index in [4.69, 9.17) is 14.2 Å². The van der Waals surface area contributed by atoms with Crippen molar-refractivity contribution in [2.45, 2.75) is 70.6 Å². The minimum Gasteiger partial charge on any atom is -0.491 e. The average Bonchev–Trinajstić information content (AvgIpc) is 3.23. The van der Waals surface area contributed by atoms with Crippen molar-refractivity contribution in [1.82, 2.24) is 10.2 Å². The van der Waals surface area contributed by atoms with Gasteiger partial charge in [0.1, 0.15) is 18.0 Å². The van der Waals surface area contributed by atoms with Crippen molar-refractivity contribution in [3.8, 4) is 5.75 Å². The standard InChI is InChI=1S/C23H34N2O5/c1-23(2,3)30-22(27)24-15-18-7-4-5-13-25(18)21(26)17-9-11-19(12-10-17)29-16-20-8-6-14-28-20/h9-12,18,20H,4-8,13-16H2,1-3H3,(H,24,27). The highest BCUT2D eigenvalue weighted by atomic mass is 16.6. The van der Waals surface area contributed by atoms with Crippen LogP contribution in [0.5, 0.6) is 5.75 Å². The van der Waals surface area contributed by atoms with Crippen LogP contribution in [0, 0.1) is 0 Å². The van der Waals surface area contributed by atoms with E-state index in [0.29, 0.717) is 25.3 Å². The molecule has 2 saturated heterocycles. The number of ether oxygens (including phenoxy) is 3. The Labute approximate surface area is 179 Å². The van der Waals surface area contributed by atoms with Gasteiger partial charge in [-0.3, -0.25) is 4.79 Å². The maximum absolute atomic E-state index is 13.1. The fraction of sp³-hybridized carbons (Fsp3) is 0.652. The summed E-state index contributed by atoms with van der Waals surface area (Å²) >= 11 is 0. The molecule has 0 saturated carbocycles. The second kappa shape index (κ2) is 10.2. The van der Waals surface area contributed by atoms with E-state index >= 15 is 0 Å². The number of nitrogens with one attached hydrogen (secondary N) is 1. The van der Waals surface area contributed by atoms with Crippen molar-refractivity contribution in [3.63, 3.8) is 0 Å². The van der Waals surface area contributed by atoms with Crippen LogP contribution in [0.1, 0.15) is 63.2 Å². The summed E-state index contributed by atoms with van der Waals surface area (Å²) in [7, 11) is 0. The maximum atomic E-state index is 13.1. The Hall–Kier alpha value is -2.28. The van der Waals surface area contributed by atoms with E-state index in [1.54, 1.807) is 12.1 Å². The molecule has 30 heavy (non-hydrogen) atoms. The smallest absolute Gasteiger partial charge is 0.407 e. The monoisotopic (exact) mass is 418 g/mol. The van der Waals surface area contributed by atoms with Gasteiger partial charge in [0, 0.05) is 31.3 Å². The fourth-order valence-corrected chi connectivity index (χ4v) is 3.82. The predicted octanol–water partition coefficient (Wildman–Crippen LogP) is 3.76. The van der Waals surface area contributed by atoms with Crippen molar-refractivity contribution in [2.75, 3.05) is 26.3 Å². The lowest BCUT2D eigenvalue weighted by atomic mass is 10.0. The predicted molar refractivity (Wildman–Crippen MR) is 114 cm³/mol. The molecule has 7 heteroatoms. The van der Waals surface area contributed by atoms with Gasteiger partial charge in [0.15, 0.2) is 0 Å². The van der Waals surface area contributed by atoms with Gasteiger partial charge in [0.2, 0.25) is 0 Å². The molecule has 0 aromatic heterocycles. The van der Waals surface area contributed by atoms with E-state index in [0.717, 1.165) is 44.5 Å². The summed E-state index contributed by atoms with van der Waals surface area (Å²) < 4.78 is 16.7. The lowest BCUT2D eigenvalue weighted by Crippen LogP contribution is -2.50. The van der Waals surface area contributed by atoms with E-state index in [-0.39, 0.29) is 18.1 Å². The lowest BCUT2D eigenvalue weighted by molar-refractivity contribution is 0.0462. The molecule has 2 unspecified atom stereocenters. The van der Waals surface area contributed by atoms with Gasteiger partial charge in [-0.1, -0.05) is 0 Å². The summed E-state index contributed by atoms with van der Waals surface area (Å²) in [5.41, 5.74) is 0.0866. The van der Waals surface area contributed by atoms with Gasteiger partial charge in [0.05, 0.1) is 6.10 Å². The summed E-state index contributed by atoms with van der Waals surface area (Å²) in [5, 5.41) is 2.81. The van der Waals surface area contributed by atoms with Gasteiger partial charge in [0.25, 0.3) is 5.91 Å². The molecule has 166 valence electrons. The van der Waals surface area contributed by atoms with Crippen molar-refractivity contribution in [3.05, 3.63) is 29.8 Å². The normalized spacial score (nSPS) is 21.9. The molecule has 1 aromatic rings. The Kier molecular flexibility index (Phi) is 7.58. The summed E-state index contributed by atoms with van der Waals surface area (Å²) in [6.07, 6.45) is 4.71. The Bertz CT molecular complexity index is 707. The summed E-state index contributed by atoms with van der Waals surface area (Å²) in [6, 6.07) is 7.25. The summed E-state index contributed by atoms with van der Waals surface area (Å²) in [4.78, 5) is 26.9. The highest BCUT2D eigenvalue weighted by Gasteiger charge is 2.28. The zero-order valence-electron chi connectivity index (χ0n) is 18.3. The number of nitrogens with zero attached hydrogens (tertiary/aromatic N) is 1. The van der Waals surface area contributed by atoms with E-state index in [9.17, 15) is 9.59 Å². The molecular formula is C23H34N2O5. The molecule has 0 bridgehead atoms. The number of carbonyl (C=O) groups is 2. The van der Waals surface area contributed by atoms with Gasteiger partial charge in [-0.2, -0.15) is 0 Å². The zero-order valence-corrected chi connectivity index (χ0v) is 18.3. The molecule has 1 aromatic carbocycles. The van der Waals surface area contributed by atoms with E-state index < -0.39 is 11.7 Å². The molecule has 2 fully saturated rings. The van der Waals surface area contributed by atoms with Gasteiger partial charge in [-0.25, -0.2) is 4.79 Å². The second-order valence-corrected chi connectivity index (χ2v) is 9.00. The molecule has 1 N–H and O–H groups in total. The topological polar surface area (TPSA) is 77.1 Å². The van der Waals surface area contributed by atoms with Crippen molar-refractivity contribution in [1.29, 1.82) is 0 Å². The molecule has 0 aliphatic carbocycles. The first-order valence-electron chi connectivity index (χ1n) is 10.9. The van der Waals surface area contributed by atoms with Crippen LogP contribution in [0.15, 0.2) is 24.3 Å². The third-order valence-corrected chi connectivity index (χ3v) is 5.33. The molecule has 2 atom stereocenters. The number of benzene rings is 1. The van der Waals surface area contributed by atoms with Crippen LogP contribution in [-0.2, 0) is 9.47 Å². The quantitative estimate of drug-likeness (QED) is 0.761. The summed E-state index contributed by atoms with van der Waals surface area (Å²) in [5.74, 6) is 0.722.